The highest BCUT2D eigenvalue weighted by molar-refractivity contribution is 6.04. The van der Waals surface area contributed by atoms with Gasteiger partial charge >= 0.3 is 0 Å². The molecule has 2 N–H and O–H groups in total. The number of nitrogens with zero attached hydrogens (tertiary/aromatic N) is 3. The Bertz CT molecular complexity index is 1280. The van der Waals surface area contributed by atoms with Crippen molar-refractivity contribution in [3.8, 4) is 12.1 Å². The summed E-state index contributed by atoms with van der Waals surface area (Å²) in [5.41, 5.74) is 12.1. The molecule has 0 amide bonds. The monoisotopic (exact) mass is 362 g/mol. The van der Waals surface area contributed by atoms with Crippen LogP contribution in [0.3, 0.4) is 0 Å². The van der Waals surface area contributed by atoms with E-state index in [1.807, 2.05) is 26.0 Å². The molecule has 28 heavy (non-hydrogen) atoms. The first-order valence-corrected chi connectivity index (χ1v) is 9.05. The third-order valence-corrected chi connectivity index (χ3v) is 5.39. The molecule has 0 radical (unpaired) electrons. The fourth-order valence-electron chi connectivity index (χ4n) is 3.95. The lowest BCUT2D eigenvalue weighted by molar-refractivity contribution is 1.22. The second kappa shape index (κ2) is 6.68. The number of aromatic nitrogens is 1. The van der Waals surface area contributed by atoms with Gasteiger partial charge < -0.3 is 5.73 Å². The van der Waals surface area contributed by atoms with E-state index in [9.17, 15) is 10.5 Å². The topological polar surface area (TPSA) is 86.5 Å². The summed E-state index contributed by atoms with van der Waals surface area (Å²) in [5.74, 6) is 0.176. The van der Waals surface area contributed by atoms with Gasteiger partial charge in [0.15, 0.2) is 0 Å². The highest BCUT2D eigenvalue weighted by atomic mass is 14.9. The van der Waals surface area contributed by atoms with Crippen LogP contribution >= 0.6 is 0 Å². The minimum absolute atomic E-state index is 0.176. The lowest BCUT2D eigenvalue weighted by Crippen LogP contribution is -2.04. The van der Waals surface area contributed by atoms with Crippen molar-refractivity contribution in [2.75, 3.05) is 5.73 Å². The van der Waals surface area contributed by atoms with Gasteiger partial charge in [0.1, 0.15) is 18.0 Å². The summed E-state index contributed by atoms with van der Waals surface area (Å²) in [6.45, 7) is 3.80. The molecule has 0 unspecified atom stereocenters. The Labute approximate surface area is 163 Å². The van der Waals surface area contributed by atoms with Crippen LogP contribution in [-0.2, 0) is 6.42 Å². The second-order valence-electron chi connectivity index (χ2n) is 6.90. The number of fused-ring (bicyclic) bond motifs is 2. The van der Waals surface area contributed by atoms with E-state index in [-0.39, 0.29) is 5.82 Å². The van der Waals surface area contributed by atoms with Gasteiger partial charge in [0.2, 0.25) is 0 Å². The van der Waals surface area contributed by atoms with Crippen molar-refractivity contribution >= 4 is 27.7 Å². The first kappa shape index (κ1) is 17.5. The van der Waals surface area contributed by atoms with Crippen molar-refractivity contribution in [3.05, 3.63) is 82.1 Å². The maximum atomic E-state index is 9.65. The van der Waals surface area contributed by atoms with Crippen molar-refractivity contribution in [1.82, 2.24) is 4.98 Å². The molecule has 4 rings (SSSR count). The van der Waals surface area contributed by atoms with Gasteiger partial charge in [-0.25, -0.2) is 4.98 Å². The molecule has 0 aliphatic heterocycles. The Morgan fingerprint density at radius 2 is 1.79 bits per heavy atom. The first-order chi connectivity index (χ1) is 13.6. The van der Waals surface area contributed by atoms with Crippen LogP contribution in [0.1, 0.15) is 34.9 Å². The highest BCUT2D eigenvalue weighted by Gasteiger charge is 2.29. The fourth-order valence-corrected chi connectivity index (χ4v) is 3.95. The summed E-state index contributed by atoms with van der Waals surface area (Å²) in [5, 5.41) is 21.5. The molecule has 4 heteroatoms. The summed E-state index contributed by atoms with van der Waals surface area (Å²) in [4.78, 5) is 4.38. The Hall–Kier alpha value is -3.89. The maximum Gasteiger partial charge on any atom is 0.142 e. The Morgan fingerprint density at radius 3 is 2.54 bits per heavy atom. The number of hydrogen-bond acceptors (Lipinski definition) is 4. The summed E-state index contributed by atoms with van der Waals surface area (Å²) in [6, 6.07) is 19.0. The van der Waals surface area contributed by atoms with Crippen LogP contribution in [0.25, 0.3) is 21.9 Å². The molecule has 1 aromatic heterocycles. The third-order valence-electron chi connectivity index (χ3n) is 5.39. The molecule has 1 aliphatic carbocycles. The molecule has 0 saturated heterocycles. The van der Waals surface area contributed by atoms with Gasteiger partial charge in [-0.1, -0.05) is 48.5 Å². The molecule has 0 spiro atoms. The quantitative estimate of drug-likeness (QED) is 0.700. The normalized spacial score (nSPS) is 14.2. The molecule has 1 aliphatic rings. The summed E-state index contributed by atoms with van der Waals surface area (Å²) in [7, 11) is 0. The third kappa shape index (κ3) is 2.55. The summed E-state index contributed by atoms with van der Waals surface area (Å²) < 4.78 is 0. The van der Waals surface area contributed by atoms with Gasteiger partial charge in [-0.3, -0.25) is 0 Å². The smallest absolute Gasteiger partial charge is 0.142 e. The van der Waals surface area contributed by atoms with E-state index in [0.717, 1.165) is 28.7 Å². The standard InChI is InChI=1S/C24H18N4/c1-14-18(11-10-17-8-5-7-16-6-3-4-9-19(16)17)22-15(2)21(13-26)24(27)28-23(22)20(14)12-25/h3-9,11H,10H2,1-2H3,(H2,27,28)/b18-11+. The van der Waals surface area contributed by atoms with Crippen LogP contribution in [0.15, 0.2) is 54.1 Å². The van der Waals surface area contributed by atoms with Gasteiger partial charge in [-0.15, -0.1) is 0 Å². The number of benzene rings is 2. The number of allylic oxidation sites excluding steroid dienone is 4. The second-order valence-corrected chi connectivity index (χ2v) is 6.90. The lowest BCUT2D eigenvalue weighted by atomic mass is 9.94. The molecule has 0 fully saturated rings. The molecule has 4 nitrogen and oxygen atoms in total. The van der Waals surface area contributed by atoms with Crippen molar-refractivity contribution in [2.24, 2.45) is 0 Å². The lowest BCUT2D eigenvalue weighted by Gasteiger charge is -2.11. The van der Waals surface area contributed by atoms with Gasteiger partial charge in [-0.05, 0) is 53.3 Å². The van der Waals surface area contributed by atoms with Crippen molar-refractivity contribution in [1.29, 1.82) is 10.5 Å². The number of anilines is 1. The summed E-state index contributed by atoms with van der Waals surface area (Å²) >= 11 is 0. The Kier molecular flexibility index (Phi) is 4.18. The molecular formula is C24H18N4. The molecule has 3 aromatic rings. The van der Waals surface area contributed by atoms with Gasteiger partial charge in [0, 0.05) is 5.56 Å². The van der Waals surface area contributed by atoms with Crippen molar-refractivity contribution in [2.45, 2.75) is 20.3 Å². The van der Waals surface area contributed by atoms with Crippen LogP contribution in [-0.4, -0.2) is 4.98 Å². The molecular weight excluding hydrogens is 344 g/mol. The highest BCUT2D eigenvalue weighted by Crippen LogP contribution is 2.43. The zero-order chi connectivity index (χ0) is 19.8. The van der Waals surface area contributed by atoms with E-state index in [0.29, 0.717) is 16.8 Å². The number of nitrogen functional groups attached to an aromatic ring is 1. The van der Waals surface area contributed by atoms with Gasteiger partial charge in [0.05, 0.1) is 16.8 Å². The number of hydrogen-bond donors (Lipinski definition) is 1. The number of rotatable bonds is 2. The van der Waals surface area contributed by atoms with E-state index in [2.05, 4.69) is 53.5 Å². The first-order valence-electron chi connectivity index (χ1n) is 9.05. The van der Waals surface area contributed by atoms with Crippen molar-refractivity contribution in [3.63, 3.8) is 0 Å². The van der Waals surface area contributed by atoms with Crippen LogP contribution in [0.5, 0.6) is 0 Å². The summed E-state index contributed by atoms with van der Waals surface area (Å²) in [6.07, 6.45) is 2.85. The van der Waals surface area contributed by atoms with E-state index in [4.69, 9.17) is 5.73 Å². The number of nitriles is 2. The van der Waals surface area contributed by atoms with Crippen molar-refractivity contribution < 1.29 is 0 Å². The zero-order valence-electron chi connectivity index (χ0n) is 15.7. The fraction of sp³-hybridized carbons (Fsp3) is 0.125. The van der Waals surface area contributed by atoms with E-state index < -0.39 is 0 Å². The van der Waals surface area contributed by atoms with E-state index in [1.165, 1.54) is 16.3 Å². The zero-order valence-corrected chi connectivity index (χ0v) is 15.7. The molecule has 2 aromatic carbocycles. The Morgan fingerprint density at radius 1 is 1.04 bits per heavy atom. The molecule has 134 valence electrons. The Balaban J connectivity index is 1.88. The predicted molar refractivity (Wildman–Crippen MR) is 112 cm³/mol. The van der Waals surface area contributed by atoms with E-state index >= 15 is 0 Å². The van der Waals surface area contributed by atoms with Crippen LogP contribution in [0.4, 0.5) is 5.82 Å². The van der Waals surface area contributed by atoms with Gasteiger partial charge in [0.25, 0.3) is 0 Å². The van der Waals surface area contributed by atoms with Crippen LogP contribution < -0.4 is 5.73 Å². The minimum atomic E-state index is 0.176. The SMILES string of the molecule is CC1=C(C#N)c2nc(N)c(C#N)c(C)c2/C1=C/Cc1cccc2ccccc12. The number of nitrogens with two attached hydrogens (primary N) is 1. The maximum absolute atomic E-state index is 9.65. The van der Waals surface area contributed by atoms with E-state index in [1.54, 1.807) is 0 Å². The predicted octanol–water partition coefficient (Wildman–Crippen LogP) is 4.93. The molecule has 0 saturated carbocycles. The average molecular weight is 362 g/mol. The molecule has 0 atom stereocenters. The molecule has 0 bridgehead atoms. The number of pyridine rings is 1. The largest absolute Gasteiger partial charge is 0.383 e. The van der Waals surface area contributed by atoms with Gasteiger partial charge in [-0.2, -0.15) is 10.5 Å². The van der Waals surface area contributed by atoms with Crippen LogP contribution in [0, 0.1) is 29.6 Å². The molecule has 1 heterocycles. The average Bonchev–Trinajstić information content (AvgIpc) is 2.97. The van der Waals surface area contributed by atoms with Crippen LogP contribution in [0.2, 0.25) is 0 Å². The minimum Gasteiger partial charge on any atom is -0.383 e.